The Kier molecular flexibility index (Phi) is 8.27. The van der Waals surface area contributed by atoms with E-state index in [0.29, 0.717) is 0 Å². The highest BCUT2D eigenvalue weighted by atomic mass is 32.2. The van der Waals surface area contributed by atoms with Crippen molar-refractivity contribution in [2.75, 3.05) is 44.2 Å². The average molecular weight is 260 g/mol. The van der Waals surface area contributed by atoms with Gasteiger partial charge in [-0.3, -0.25) is 0 Å². The Morgan fingerprint density at radius 2 is 1.94 bits per heavy atom. The van der Waals surface area contributed by atoms with E-state index in [-0.39, 0.29) is 6.10 Å². The van der Waals surface area contributed by atoms with Crippen LogP contribution >= 0.6 is 11.8 Å². The molecule has 0 amide bonds. The number of hydrogen-bond acceptors (Lipinski definition) is 4. The maximum absolute atomic E-state index is 9.90. The fourth-order valence-electron chi connectivity index (χ4n) is 2.25. The van der Waals surface area contributed by atoms with Gasteiger partial charge in [0.1, 0.15) is 0 Å². The lowest BCUT2D eigenvalue weighted by atomic mass is 10.0. The Morgan fingerprint density at radius 1 is 1.29 bits per heavy atom. The summed E-state index contributed by atoms with van der Waals surface area (Å²) in [7, 11) is 0. The van der Waals surface area contributed by atoms with E-state index in [1.54, 1.807) is 0 Å². The summed E-state index contributed by atoms with van der Waals surface area (Å²) in [6, 6.07) is 0. The molecule has 0 saturated carbocycles. The third-order valence-electron chi connectivity index (χ3n) is 3.52. The molecule has 2 N–H and O–H groups in total. The topological polar surface area (TPSA) is 35.5 Å². The van der Waals surface area contributed by atoms with Gasteiger partial charge in [-0.05, 0) is 49.9 Å². The van der Waals surface area contributed by atoms with Crippen molar-refractivity contribution >= 4 is 11.8 Å². The van der Waals surface area contributed by atoms with Crippen LogP contribution in [0.1, 0.15) is 26.7 Å². The molecule has 0 radical (unpaired) electrons. The summed E-state index contributed by atoms with van der Waals surface area (Å²) in [5.74, 6) is 3.46. The lowest BCUT2D eigenvalue weighted by Crippen LogP contribution is -2.39. The number of rotatable bonds is 8. The normalized spacial score (nSPS) is 19.8. The highest BCUT2D eigenvalue weighted by Gasteiger charge is 2.14. The van der Waals surface area contributed by atoms with Gasteiger partial charge in [-0.1, -0.05) is 13.8 Å². The van der Waals surface area contributed by atoms with Gasteiger partial charge in [0.2, 0.25) is 0 Å². The molecular formula is C13H28N2OS. The number of nitrogens with one attached hydrogen (secondary N) is 1. The molecular weight excluding hydrogens is 232 g/mol. The molecule has 1 aliphatic rings. The Labute approximate surface area is 110 Å². The molecule has 1 saturated heterocycles. The van der Waals surface area contributed by atoms with Crippen LogP contribution in [0, 0.1) is 5.92 Å². The highest BCUT2D eigenvalue weighted by molar-refractivity contribution is 7.99. The predicted molar refractivity (Wildman–Crippen MR) is 76.7 cm³/mol. The van der Waals surface area contributed by atoms with Crippen molar-refractivity contribution in [2.45, 2.75) is 32.8 Å². The van der Waals surface area contributed by atoms with Crippen molar-refractivity contribution in [3.63, 3.8) is 0 Å². The second-order valence-electron chi connectivity index (χ2n) is 4.85. The van der Waals surface area contributed by atoms with Crippen LogP contribution in [0.15, 0.2) is 0 Å². The maximum atomic E-state index is 9.90. The maximum Gasteiger partial charge on any atom is 0.0791 e. The highest BCUT2D eigenvalue weighted by Crippen LogP contribution is 2.21. The molecule has 1 rings (SSSR count). The van der Waals surface area contributed by atoms with Crippen molar-refractivity contribution < 1.29 is 5.11 Å². The van der Waals surface area contributed by atoms with E-state index in [9.17, 15) is 5.11 Å². The third-order valence-corrected chi connectivity index (χ3v) is 4.57. The first-order valence-electron chi connectivity index (χ1n) is 6.95. The molecule has 17 heavy (non-hydrogen) atoms. The summed E-state index contributed by atoms with van der Waals surface area (Å²) in [4.78, 5) is 2.27. The van der Waals surface area contributed by atoms with E-state index >= 15 is 0 Å². The Bertz CT molecular complexity index is 182. The summed E-state index contributed by atoms with van der Waals surface area (Å²) in [6.45, 7) is 8.93. The zero-order valence-electron chi connectivity index (χ0n) is 11.3. The molecule has 1 fully saturated rings. The first-order chi connectivity index (χ1) is 8.26. The molecule has 0 bridgehead atoms. The van der Waals surface area contributed by atoms with Crippen LogP contribution in [0.5, 0.6) is 0 Å². The molecule has 0 aliphatic carbocycles. The van der Waals surface area contributed by atoms with Gasteiger partial charge in [-0.15, -0.1) is 0 Å². The standard InChI is InChI=1S/C13H28N2OS/c1-3-15(4-2)11-13(16)10-14-9-12-5-7-17-8-6-12/h12-14,16H,3-11H2,1-2H3. The lowest BCUT2D eigenvalue weighted by Gasteiger charge is -2.24. The van der Waals surface area contributed by atoms with Crippen LogP contribution in [0.3, 0.4) is 0 Å². The molecule has 0 spiro atoms. The van der Waals surface area contributed by atoms with E-state index in [4.69, 9.17) is 0 Å². The Balaban J connectivity index is 2.04. The van der Waals surface area contributed by atoms with Crippen LogP contribution in [-0.2, 0) is 0 Å². The number of nitrogens with zero attached hydrogens (tertiary/aromatic N) is 1. The van der Waals surface area contributed by atoms with E-state index in [1.807, 2.05) is 0 Å². The van der Waals surface area contributed by atoms with Crippen molar-refractivity contribution in [1.82, 2.24) is 10.2 Å². The van der Waals surface area contributed by atoms with E-state index in [0.717, 1.165) is 38.6 Å². The van der Waals surface area contributed by atoms with Gasteiger partial charge in [-0.2, -0.15) is 11.8 Å². The summed E-state index contributed by atoms with van der Waals surface area (Å²) < 4.78 is 0. The fraction of sp³-hybridized carbons (Fsp3) is 1.00. The fourth-order valence-corrected chi connectivity index (χ4v) is 3.45. The summed E-state index contributed by atoms with van der Waals surface area (Å²) in [6.07, 6.45) is 2.45. The summed E-state index contributed by atoms with van der Waals surface area (Å²) in [5, 5.41) is 13.3. The molecule has 1 aliphatic heterocycles. The molecule has 0 aromatic heterocycles. The molecule has 102 valence electrons. The Hall–Kier alpha value is 0.230. The molecule has 1 unspecified atom stereocenters. The second kappa shape index (κ2) is 9.20. The van der Waals surface area contributed by atoms with Crippen LogP contribution in [0.25, 0.3) is 0 Å². The Morgan fingerprint density at radius 3 is 2.53 bits per heavy atom. The molecule has 4 heteroatoms. The quantitative estimate of drug-likeness (QED) is 0.692. The van der Waals surface area contributed by atoms with Gasteiger partial charge in [-0.25, -0.2) is 0 Å². The molecule has 0 aromatic rings. The van der Waals surface area contributed by atoms with E-state index in [2.05, 4.69) is 35.8 Å². The third kappa shape index (κ3) is 6.65. The zero-order valence-corrected chi connectivity index (χ0v) is 12.1. The van der Waals surface area contributed by atoms with Gasteiger partial charge in [0.05, 0.1) is 6.10 Å². The second-order valence-corrected chi connectivity index (χ2v) is 6.08. The van der Waals surface area contributed by atoms with Crippen molar-refractivity contribution in [3.8, 4) is 0 Å². The van der Waals surface area contributed by atoms with Crippen molar-refractivity contribution in [3.05, 3.63) is 0 Å². The number of aliphatic hydroxyl groups excluding tert-OH is 1. The molecule has 0 aromatic carbocycles. The van der Waals surface area contributed by atoms with E-state index in [1.165, 1.54) is 24.3 Å². The first-order valence-corrected chi connectivity index (χ1v) is 8.10. The average Bonchev–Trinajstić information content (AvgIpc) is 2.37. The van der Waals surface area contributed by atoms with Crippen LogP contribution in [0.2, 0.25) is 0 Å². The number of hydrogen-bond donors (Lipinski definition) is 2. The molecule has 1 atom stereocenters. The molecule has 3 nitrogen and oxygen atoms in total. The summed E-state index contributed by atoms with van der Waals surface area (Å²) >= 11 is 2.07. The van der Waals surface area contributed by atoms with Crippen LogP contribution in [0.4, 0.5) is 0 Å². The predicted octanol–water partition coefficient (Wildman–Crippen LogP) is 1.42. The first kappa shape index (κ1) is 15.3. The smallest absolute Gasteiger partial charge is 0.0791 e. The summed E-state index contributed by atoms with van der Waals surface area (Å²) in [5.41, 5.74) is 0. The van der Waals surface area contributed by atoms with Gasteiger partial charge in [0.15, 0.2) is 0 Å². The van der Waals surface area contributed by atoms with Crippen molar-refractivity contribution in [1.29, 1.82) is 0 Å². The molecule has 1 heterocycles. The largest absolute Gasteiger partial charge is 0.390 e. The zero-order chi connectivity index (χ0) is 12.5. The van der Waals surface area contributed by atoms with Crippen LogP contribution < -0.4 is 5.32 Å². The van der Waals surface area contributed by atoms with Crippen molar-refractivity contribution in [2.24, 2.45) is 5.92 Å². The van der Waals surface area contributed by atoms with Crippen LogP contribution in [-0.4, -0.2) is 60.3 Å². The minimum atomic E-state index is -0.229. The van der Waals surface area contributed by atoms with Gasteiger partial charge < -0.3 is 15.3 Å². The number of likely N-dealkylation sites (N-methyl/N-ethyl adjacent to an activating group) is 1. The lowest BCUT2D eigenvalue weighted by molar-refractivity contribution is 0.115. The number of thioether (sulfide) groups is 1. The van der Waals surface area contributed by atoms with E-state index < -0.39 is 0 Å². The van der Waals surface area contributed by atoms with Gasteiger partial charge in [0.25, 0.3) is 0 Å². The minimum Gasteiger partial charge on any atom is -0.390 e. The van der Waals surface area contributed by atoms with Gasteiger partial charge >= 0.3 is 0 Å². The minimum absolute atomic E-state index is 0.229. The monoisotopic (exact) mass is 260 g/mol. The van der Waals surface area contributed by atoms with Gasteiger partial charge in [0, 0.05) is 13.1 Å². The number of aliphatic hydroxyl groups is 1. The SMILES string of the molecule is CCN(CC)CC(O)CNCC1CCSCC1.